The first-order valence-corrected chi connectivity index (χ1v) is 5.65. The van der Waals surface area contributed by atoms with Gasteiger partial charge in [-0.25, -0.2) is 0 Å². The number of anilines is 1. The Morgan fingerprint density at radius 1 is 1.21 bits per heavy atom. The first-order valence-electron chi connectivity index (χ1n) is 5.65. The second kappa shape index (κ2) is 5.62. The van der Waals surface area contributed by atoms with Gasteiger partial charge in [0.15, 0.2) is 0 Å². The molecular weight excluding hydrogens is 248 g/mol. The molecule has 0 radical (unpaired) electrons. The molecule has 0 saturated heterocycles. The second-order valence-electron chi connectivity index (χ2n) is 3.90. The monoisotopic (exact) mass is 264 g/mol. The van der Waals surface area contributed by atoms with Crippen LogP contribution in [0.4, 0.5) is 5.88 Å². The van der Waals surface area contributed by atoms with Gasteiger partial charge in [-0.1, -0.05) is 5.16 Å². The van der Waals surface area contributed by atoms with Gasteiger partial charge in [-0.3, -0.25) is 0 Å². The predicted octanol–water partition coefficient (Wildman–Crippen LogP) is 2.09. The molecule has 1 aromatic heterocycles. The van der Waals surface area contributed by atoms with Gasteiger partial charge in [0.25, 0.3) is 0 Å². The lowest BCUT2D eigenvalue weighted by Gasteiger charge is -2.14. The highest BCUT2D eigenvalue weighted by Crippen LogP contribution is 2.39. The Morgan fingerprint density at radius 3 is 2.53 bits per heavy atom. The van der Waals surface area contributed by atoms with Crippen LogP contribution in [0.5, 0.6) is 11.5 Å². The molecule has 1 aromatic carbocycles. The van der Waals surface area contributed by atoms with Crippen LogP contribution in [0.2, 0.25) is 0 Å². The SMILES string of the molecule is COCc1cc(OC)cc(OC)c1-c1cnoc1N. The fourth-order valence-electron chi connectivity index (χ4n) is 1.94. The van der Waals surface area contributed by atoms with Gasteiger partial charge in [-0.05, 0) is 11.6 Å². The smallest absolute Gasteiger partial charge is 0.230 e. The number of hydrogen-bond acceptors (Lipinski definition) is 6. The molecule has 1 heterocycles. The maximum Gasteiger partial charge on any atom is 0.230 e. The fraction of sp³-hybridized carbons (Fsp3) is 0.308. The Hall–Kier alpha value is -2.21. The van der Waals surface area contributed by atoms with Gasteiger partial charge in [0, 0.05) is 18.7 Å². The van der Waals surface area contributed by atoms with Crippen LogP contribution in [0, 0.1) is 0 Å². The molecule has 0 aliphatic rings. The molecule has 6 heteroatoms. The summed E-state index contributed by atoms with van der Waals surface area (Å²) in [7, 11) is 4.80. The molecule has 2 aromatic rings. The molecule has 0 spiro atoms. The van der Waals surface area contributed by atoms with Gasteiger partial charge in [0.2, 0.25) is 5.88 Å². The van der Waals surface area contributed by atoms with Crippen molar-refractivity contribution in [3.05, 3.63) is 23.9 Å². The summed E-state index contributed by atoms with van der Waals surface area (Å²) in [5.74, 6) is 1.55. The van der Waals surface area contributed by atoms with Gasteiger partial charge in [-0.15, -0.1) is 0 Å². The summed E-state index contributed by atoms with van der Waals surface area (Å²) in [4.78, 5) is 0. The lowest BCUT2D eigenvalue weighted by molar-refractivity contribution is 0.184. The number of benzene rings is 1. The Kier molecular flexibility index (Phi) is 3.91. The van der Waals surface area contributed by atoms with E-state index in [4.69, 9.17) is 24.5 Å². The molecule has 0 fully saturated rings. The van der Waals surface area contributed by atoms with Crippen molar-refractivity contribution in [3.63, 3.8) is 0 Å². The van der Waals surface area contributed by atoms with Crippen molar-refractivity contribution in [2.75, 3.05) is 27.1 Å². The summed E-state index contributed by atoms with van der Waals surface area (Å²) in [6.45, 7) is 0.396. The van der Waals surface area contributed by atoms with Crippen molar-refractivity contribution in [2.45, 2.75) is 6.61 Å². The average molecular weight is 264 g/mol. The zero-order valence-electron chi connectivity index (χ0n) is 11.1. The van der Waals surface area contributed by atoms with E-state index < -0.39 is 0 Å². The maximum atomic E-state index is 5.77. The zero-order valence-corrected chi connectivity index (χ0v) is 11.1. The number of nitrogens with two attached hydrogens (primary N) is 1. The molecule has 0 aliphatic heterocycles. The molecule has 0 aliphatic carbocycles. The summed E-state index contributed by atoms with van der Waals surface area (Å²) in [5.41, 5.74) is 8.13. The van der Waals surface area contributed by atoms with Gasteiger partial charge in [0.05, 0.1) is 32.6 Å². The number of nitrogens with zero attached hydrogens (tertiary/aromatic N) is 1. The zero-order chi connectivity index (χ0) is 13.8. The van der Waals surface area contributed by atoms with Crippen molar-refractivity contribution in [3.8, 4) is 22.6 Å². The molecule has 2 rings (SSSR count). The highest BCUT2D eigenvalue weighted by molar-refractivity contribution is 5.80. The van der Waals surface area contributed by atoms with E-state index in [1.807, 2.05) is 6.07 Å². The predicted molar refractivity (Wildman–Crippen MR) is 70.2 cm³/mol. The quantitative estimate of drug-likeness (QED) is 0.890. The second-order valence-corrected chi connectivity index (χ2v) is 3.90. The first-order chi connectivity index (χ1) is 9.21. The highest BCUT2D eigenvalue weighted by Gasteiger charge is 2.18. The Balaban J connectivity index is 2.65. The molecule has 6 nitrogen and oxygen atoms in total. The Morgan fingerprint density at radius 2 is 2.00 bits per heavy atom. The minimum absolute atomic E-state index is 0.237. The van der Waals surface area contributed by atoms with Gasteiger partial charge in [0.1, 0.15) is 11.5 Å². The molecular formula is C13H16N2O4. The highest BCUT2D eigenvalue weighted by atomic mass is 16.5. The normalized spacial score (nSPS) is 10.5. The van der Waals surface area contributed by atoms with Crippen LogP contribution in [0.15, 0.2) is 22.9 Å². The number of methoxy groups -OCH3 is 3. The van der Waals surface area contributed by atoms with Gasteiger partial charge >= 0.3 is 0 Å². The van der Waals surface area contributed by atoms with Crippen LogP contribution in [-0.2, 0) is 11.3 Å². The van der Waals surface area contributed by atoms with E-state index in [1.165, 1.54) is 0 Å². The fourth-order valence-corrected chi connectivity index (χ4v) is 1.94. The van der Waals surface area contributed by atoms with E-state index in [9.17, 15) is 0 Å². The van der Waals surface area contributed by atoms with Crippen LogP contribution in [0.1, 0.15) is 5.56 Å². The van der Waals surface area contributed by atoms with Crippen molar-refractivity contribution < 1.29 is 18.7 Å². The van der Waals surface area contributed by atoms with Gasteiger partial charge in [-0.2, -0.15) is 0 Å². The molecule has 0 atom stereocenters. The summed E-state index contributed by atoms with van der Waals surface area (Å²) in [5, 5.41) is 3.69. The van der Waals surface area contributed by atoms with E-state index in [1.54, 1.807) is 33.6 Å². The Labute approximate surface area is 111 Å². The first kappa shape index (κ1) is 13.2. The minimum Gasteiger partial charge on any atom is -0.497 e. The topological polar surface area (TPSA) is 79.7 Å². The number of nitrogen functional groups attached to an aromatic ring is 1. The van der Waals surface area contributed by atoms with E-state index in [2.05, 4.69) is 5.16 Å². The summed E-state index contributed by atoms with van der Waals surface area (Å²) in [6.07, 6.45) is 1.55. The number of ether oxygens (including phenoxy) is 3. The third kappa shape index (κ3) is 2.48. The summed E-state index contributed by atoms with van der Waals surface area (Å²) < 4.78 is 20.7. The Bertz CT molecular complexity index is 566. The third-order valence-corrected chi connectivity index (χ3v) is 2.78. The van der Waals surface area contributed by atoms with E-state index >= 15 is 0 Å². The number of aromatic nitrogens is 1. The molecule has 102 valence electrons. The standard InChI is InChI=1S/C13H16N2O4/c1-16-7-8-4-9(17-2)5-11(18-3)12(8)10-6-15-19-13(10)14/h4-6H,7,14H2,1-3H3. The van der Waals surface area contributed by atoms with Crippen LogP contribution in [-0.4, -0.2) is 26.5 Å². The van der Waals surface area contributed by atoms with Crippen molar-refractivity contribution in [1.29, 1.82) is 0 Å². The minimum atomic E-state index is 0.237. The summed E-state index contributed by atoms with van der Waals surface area (Å²) in [6, 6.07) is 3.65. The molecule has 0 saturated carbocycles. The van der Waals surface area contributed by atoms with E-state index in [0.29, 0.717) is 23.7 Å². The van der Waals surface area contributed by atoms with Crippen LogP contribution in [0.3, 0.4) is 0 Å². The molecule has 2 N–H and O–H groups in total. The average Bonchev–Trinajstić information content (AvgIpc) is 2.84. The lowest BCUT2D eigenvalue weighted by atomic mass is 10.0. The molecule has 0 bridgehead atoms. The van der Waals surface area contributed by atoms with Crippen molar-refractivity contribution in [1.82, 2.24) is 5.16 Å². The third-order valence-electron chi connectivity index (χ3n) is 2.78. The van der Waals surface area contributed by atoms with Crippen LogP contribution >= 0.6 is 0 Å². The van der Waals surface area contributed by atoms with Crippen molar-refractivity contribution >= 4 is 5.88 Å². The van der Waals surface area contributed by atoms with E-state index in [-0.39, 0.29) is 5.88 Å². The molecule has 0 amide bonds. The molecule has 0 unspecified atom stereocenters. The summed E-state index contributed by atoms with van der Waals surface area (Å²) >= 11 is 0. The van der Waals surface area contributed by atoms with Crippen LogP contribution < -0.4 is 15.2 Å². The lowest BCUT2D eigenvalue weighted by Crippen LogP contribution is -1.99. The van der Waals surface area contributed by atoms with Crippen molar-refractivity contribution in [2.24, 2.45) is 0 Å². The maximum absolute atomic E-state index is 5.77. The largest absolute Gasteiger partial charge is 0.497 e. The van der Waals surface area contributed by atoms with E-state index in [0.717, 1.165) is 11.1 Å². The van der Waals surface area contributed by atoms with Crippen LogP contribution in [0.25, 0.3) is 11.1 Å². The molecule has 19 heavy (non-hydrogen) atoms. The number of hydrogen-bond donors (Lipinski definition) is 1. The van der Waals surface area contributed by atoms with Gasteiger partial charge < -0.3 is 24.5 Å². The number of rotatable bonds is 5.